The summed E-state index contributed by atoms with van der Waals surface area (Å²) in [5.41, 5.74) is 2.13. The Balaban J connectivity index is 1.40. The molecule has 2 aliphatic rings. The maximum atomic E-state index is 12.5. The molecule has 0 N–H and O–H groups in total. The minimum Gasteiger partial charge on any atom is -0.374 e. The number of imide groups is 1. The van der Waals surface area contributed by atoms with E-state index in [0.29, 0.717) is 24.3 Å². The predicted octanol–water partition coefficient (Wildman–Crippen LogP) is 2.84. The molecule has 0 aromatic heterocycles. The van der Waals surface area contributed by atoms with E-state index in [-0.39, 0.29) is 24.5 Å². The number of morpholine rings is 1. The van der Waals surface area contributed by atoms with Crippen molar-refractivity contribution in [3.63, 3.8) is 0 Å². The zero-order valence-corrected chi connectivity index (χ0v) is 15.0. The van der Waals surface area contributed by atoms with Gasteiger partial charge < -0.3 is 4.74 Å². The second-order valence-corrected chi connectivity index (χ2v) is 7.06. The second-order valence-electron chi connectivity index (χ2n) is 6.62. The first kappa shape index (κ1) is 17.2. The van der Waals surface area contributed by atoms with Gasteiger partial charge in [-0.15, -0.1) is 0 Å². The van der Waals surface area contributed by atoms with Gasteiger partial charge in [0, 0.05) is 24.7 Å². The van der Waals surface area contributed by atoms with Gasteiger partial charge in [0.05, 0.1) is 30.4 Å². The van der Waals surface area contributed by atoms with Crippen LogP contribution in [0.25, 0.3) is 0 Å². The van der Waals surface area contributed by atoms with Crippen molar-refractivity contribution < 1.29 is 14.3 Å². The van der Waals surface area contributed by atoms with Gasteiger partial charge in [-0.3, -0.25) is 19.4 Å². The third-order valence-corrected chi connectivity index (χ3v) is 5.06. The first-order valence-corrected chi connectivity index (χ1v) is 9.03. The number of fused-ring (bicyclic) bond motifs is 1. The second kappa shape index (κ2) is 7.19. The Morgan fingerprint density at radius 1 is 1.00 bits per heavy atom. The largest absolute Gasteiger partial charge is 0.374 e. The quantitative estimate of drug-likeness (QED) is 0.776. The smallest absolute Gasteiger partial charge is 0.261 e. The van der Waals surface area contributed by atoms with E-state index in [1.54, 1.807) is 24.3 Å². The van der Waals surface area contributed by atoms with Crippen molar-refractivity contribution in [1.29, 1.82) is 0 Å². The van der Waals surface area contributed by atoms with Crippen LogP contribution in [-0.2, 0) is 11.3 Å². The van der Waals surface area contributed by atoms with Crippen LogP contribution < -0.4 is 0 Å². The molecule has 1 unspecified atom stereocenters. The van der Waals surface area contributed by atoms with Gasteiger partial charge in [0.2, 0.25) is 0 Å². The van der Waals surface area contributed by atoms with Crippen molar-refractivity contribution in [2.45, 2.75) is 12.6 Å². The molecule has 4 rings (SSSR count). The molecule has 2 aliphatic heterocycles. The summed E-state index contributed by atoms with van der Waals surface area (Å²) in [6.07, 6.45) is -0.182. The van der Waals surface area contributed by atoms with E-state index in [2.05, 4.69) is 4.90 Å². The molecule has 0 bridgehead atoms. The number of carbonyl (C=O) groups excluding carboxylic acids is 2. The van der Waals surface area contributed by atoms with Crippen LogP contribution in [0.2, 0.25) is 5.02 Å². The molecular formula is C20H19ClN2O3. The number of nitrogens with zero attached hydrogens (tertiary/aromatic N) is 2. The summed E-state index contributed by atoms with van der Waals surface area (Å²) in [6.45, 7) is 3.15. The molecule has 2 amide bonds. The summed E-state index contributed by atoms with van der Waals surface area (Å²) >= 11 is 5.94. The zero-order chi connectivity index (χ0) is 18.1. The normalized spacial score (nSPS) is 20.5. The molecule has 5 nitrogen and oxygen atoms in total. The monoisotopic (exact) mass is 370 g/mol. The zero-order valence-electron chi connectivity index (χ0n) is 14.2. The molecule has 1 fully saturated rings. The van der Waals surface area contributed by atoms with Crippen molar-refractivity contribution in [3.8, 4) is 0 Å². The lowest BCUT2D eigenvalue weighted by molar-refractivity contribution is -0.0400. The summed E-state index contributed by atoms with van der Waals surface area (Å²) in [4.78, 5) is 28.6. The summed E-state index contributed by atoms with van der Waals surface area (Å²) in [5.74, 6) is -0.465. The summed E-state index contributed by atoms with van der Waals surface area (Å²) in [6, 6.07) is 14.7. The first-order valence-electron chi connectivity index (χ1n) is 8.65. The van der Waals surface area contributed by atoms with Gasteiger partial charge in [0.25, 0.3) is 11.8 Å². The lowest BCUT2D eigenvalue weighted by Gasteiger charge is -2.34. The van der Waals surface area contributed by atoms with Crippen molar-refractivity contribution in [2.75, 3.05) is 26.2 Å². The van der Waals surface area contributed by atoms with Crippen molar-refractivity contribution >= 4 is 23.4 Å². The lowest BCUT2D eigenvalue weighted by atomic mass is 10.1. The van der Waals surface area contributed by atoms with Crippen LogP contribution in [0.3, 0.4) is 0 Å². The highest BCUT2D eigenvalue weighted by Gasteiger charge is 2.37. The van der Waals surface area contributed by atoms with E-state index in [1.165, 1.54) is 10.5 Å². The number of ether oxygens (including phenoxy) is 1. The first-order chi connectivity index (χ1) is 12.6. The SMILES string of the molecule is O=C1c2ccccc2C(=O)N1CC1CN(Cc2ccc(Cl)cc2)CCO1. The Hall–Kier alpha value is -2.21. The molecule has 1 atom stereocenters. The molecule has 2 heterocycles. The Labute approximate surface area is 157 Å². The van der Waals surface area contributed by atoms with Gasteiger partial charge in [0.15, 0.2) is 0 Å². The average Bonchev–Trinajstić information content (AvgIpc) is 2.89. The maximum absolute atomic E-state index is 12.5. The summed E-state index contributed by atoms with van der Waals surface area (Å²) in [7, 11) is 0. The fourth-order valence-electron chi connectivity index (χ4n) is 3.49. The third kappa shape index (κ3) is 3.38. The lowest BCUT2D eigenvalue weighted by Crippen LogP contribution is -2.48. The highest BCUT2D eigenvalue weighted by molar-refractivity contribution is 6.30. The Bertz CT molecular complexity index is 802. The van der Waals surface area contributed by atoms with Gasteiger partial charge in [0.1, 0.15) is 0 Å². The molecule has 2 aromatic carbocycles. The van der Waals surface area contributed by atoms with Gasteiger partial charge in [-0.2, -0.15) is 0 Å². The third-order valence-electron chi connectivity index (χ3n) is 4.81. The molecule has 134 valence electrons. The predicted molar refractivity (Wildman–Crippen MR) is 98.3 cm³/mol. The van der Waals surface area contributed by atoms with E-state index in [1.807, 2.05) is 24.3 Å². The Morgan fingerprint density at radius 2 is 1.65 bits per heavy atom. The highest BCUT2D eigenvalue weighted by Crippen LogP contribution is 2.23. The fourth-order valence-corrected chi connectivity index (χ4v) is 3.62. The van der Waals surface area contributed by atoms with E-state index in [4.69, 9.17) is 16.3 Å². The van der Waals surface area contributed by atoms with E-state index in [9.17, 15) is 9.59 Å². The number of hydrogen-bond acceptors (Lipinski definition) is 4. The molecular weight excluding hydrogens is 352 g/mol. The topological polar surface area (TPSA) is 49.9 Å². The highest BCUT2D eigenvalue weighted by atomic mass is 35.5. The molecule has 0 aliphatic carbocycles. The number of benzene rings is 2. The van der Waals surface area contributed by atoms with E-state index >= 15 is 0 Å². The minimum absolute atomic E-state index is 0.182. The molecule has 26 heavy (non-hydrogen) atoms. The van der Waals surface area contributed by atoms with Crippen LogP contribution in [0.4, 0.5) is 0 Å². The number of rotatable bonds is 4. The average molecular weight is 371 g/mol. The minimum atomic E-state index is -0.232. The van der Waals surface area contributed by atoms with Crippen molar-refractivity contribution in [3.05, 3.63) is 70.2 Å². The molecule has 0 radical (unpaired) electrons. The molecule has 2 aromatic rings. The fraction of sp³-hybridized carbons (Fsp3) is 0.300. The van der Waals surface area contributed by atoms with E-state index < -0.39 is 0 Å². The number of amides is 2. The van der Waals surface area contributed by atoms with Crippen LogP contribution in [-0.4, -0.2) is 54.0 Å². The van der Waals surface area contributed by atoms with Gasteiger partial charge >= 0.3 is 0 Å². The summed E-state index contributed by atoms with van der Waals surface area (Å²) in [5, 5.41) is 0.722. The van der Waals surface area contributed by atoms with Crippen molar-refractivity contribution in [2.24, 2.45) is 0 Å². The molecule has 6 heteroatoms. The maximum Gasteiger partial charge on any atom is 0.261 e. The van der Waals surface area contributed by atoms with Crippen LogP contribution in [0.1, 0.15) is 26.3 Å². The standard InChI is InChI=1S/C20H19ClN2O3/c21-15-7-5-14(6-8-15)11-22-9-10-26-16(12-22)13-23-19(24)17-3-1-2-4-18(17)20(23)25/h1-8,16H,9-13H2. The van der Waals surface area contributed by atoms with Crippen LogP contribution in [0.5, 0.6) is 0 Å². The number of halogens is 1. The number of hydrogen-bond donors (Lipinski definition) is 0. The number of carbonyl (C=O) groups is 2. The molecule has 1 saturated heterocycles. The van der Waals surface area contributed by atoms with Gasteiger partial charge in [-0.1, -0.05) is 35.9 Å². The van der Waals surface area contributed by atoms with Gasteiger partial charge in [-0.25, -0.2) is 0 Å². The molecule has 0 spiro atoms. The van der Waals surface area contributed by atoms with E-state index in [0.717, 1.165) is 18.1 Å². The Kier molecular flexibility index (Phi) is 4.76. The van der Waals surface area contributed by atoms with Crippen LogP contribution in [0, 0.1) is 0 Å². The molecule has 0 saturated carbocycles. The van der Waals surface area contributed by atoms with Crippen molar-refractivity contribution in [1.82, 2.24) is 9.80 Å². The summed E-state index contributed by atoms with van der Waals surface area (Å²) < 4.78 is 5.81. The van der Waals surface area contributed by atoms with Gasteiger partial charge in [-0.05, 0) is 29.8 Å². The van der Waals surface area contributed by atoms with Crippen LogP contribution >= 0.6 is 11.6 Å². The Morgan fingerprint density at radius 3 is 2.31 bits per heavy atom. The van der Waals surface area contributed by atoms with Crippen LogP contribution in [0.15, 0.2) is 48.5 Å².